The second kappa shape index (κ2) is 7.88. The number of para-hydroxylation sites is 1. The van der Waals surface area contributed by atoms with Gasteiger partial charge in [-0.15, -0.1) is 5.75 Å². The second-order valence-electron chi connectivity index (χ2n) is 4.84. The van der Waals surface area contributed by atoms with Crippen molar-refractivity contribution in [1.29, 1.82) is 0 Å². The van der Waals surface area contributed by atoms with Crippen LogP contribution < -0.4 is 56.5 Å². The van der Waals surface area contributed by atoms with Gasteiger partial charge in [-0.3, -0.25) is 0 Å². The van der Waals surface area contributed by atoms with E-state index in [0.29, 0.717) is 0 Å². The molecule has 2 heteroatoms. The van der Waals surface area contributed by atoms with E-state index in [0.717, 1.165) is 12.0 Å². The van der Waals surface area contributed by atoms with Gasteiger partial charge >= 0.3 is 51.4 Å². The van der Waals surface area contributed by atoms with Gasteiger partial charge in [0, 0.05) is 0 Å². The third-order valence-electron chi connectivity index (χ3n) is 3.02. The molecular weight excluding hydrogens is 223 g/mol. The molecule has 0 radical (unpaired) electrons. The molecule has 0 atom stereocenters. The van der Waals surface area contributed by atoms with Gasteiger partial charge in [0.1, 0.15) is 0 Å². The Bertz CT molecular complexity index is 307. The Morgan fingerprint density at radius 1 is 1.12 bits per heavy atom. The van der Waals surface area contributed by atoms with E-state index >= 15 is 0 Å². The molecule has 0 aromatic heterocycles. The van der Waals surface area contributed by atoms with E-state index in [1.165, 1.54) is 19.3 Å². The summed E-state index contributed by atoms with van der Waals surface area (Å²) in [6.07, 6.45) is 4.79. The van der Waals surface area contributed by atoms with Gasteiger partial charge in [-0.1, -0.05) is 69.9 Å². The van der Waals surface area contributed by atoms with Crippen LogP contribution in [0.2, 0.25) is 0 Å². The second-order valence-corrected chi connectivity index (χ2v) is 4.84. The molecule has 0 spiro atoms. The molecule has 0 fully saturated rings. The summed E-state index contributed by atoms with van der Waals surface area (Å²) in [6, 6.07) is 7.40. The monoisotopic (exact) mass is 244 g/mol. The Morgan fingerprint density at radius 2 is 1.75 bits per heavy atom. The molecule has 16 heavy (non-hydrogen) atoms. The van der Waals surface area contributed by atoms with E-state index in [4.69, 9.17) is 0 Å². The molecule has 0 saturated heterocycles. The molecule has 1 aromatic carbocycles. The quantitative estimate of drug-likeness (QED) is 0.550. The zero-order valence-electron chi connectivity index (χ0n) is 11.0. The minimum Gasteiger partial charge on any atom is -0.872 e. The summed E-state index contributed by atoms with van der Waals surface area (Å²) in [7, 11) is 0. The SMILES string of the molecule is CCCCCC(C)(C)c1ccccc1[O-].[K+]. The Morgan fingerprint density at radius 3 is 2.31 bits per heavy atom. The Labute approximate surface area is 142 Å². The van der Waals surface area contributed by atoms with Crippen molar-refractivity contribution in [2.45, 2.75) is 51.9 Å². The van der Waals surface area contributed by atoms with Crippen LogP contribution in [0.3, 0.4) is 0 Å². The molecule has 0 aliphatic heterocycles. The molecule has 0 amide bonds. The molecule has 0 bridgehead atoms. The Kier molecular flexibility index (Phi) is 8.21. The fourth-order valence-electron chi connectivity index (χ4n) is 1.98. The van der Waals surface area contributed by atoms with Crippen LogP contribution in [0.4, 0.5) is 0 Å². The minimum absolute atomic E-state index is 0. The normalized spacial score (nSPS) is 10.9. The zero-order valence-corrected chi connectivity index (χ0v) is 14.2. The van der Waals surface area contributed by atoms with Gasteiger partial charge in [0.25, 0.3) is 0 Å². The largest absolute Gasteiger partial charge is 1.00 e. The standard InChI is InChI=1S/C14H22O.K/c1-4-5-8-11-14(2,3)12-9-6-7-10-13(12)15;/h6-7,9-10,15H,4-5,8,11H2,1-3H3;/q;+1/p-1. The molecule has 0 unspecified atom stereocenters. The average Bonchev–Trinajstić information content (AvgIpc) is 2.18. The van der Waals surface area contributed by atoms with Crippen molar-refractivity contribution in [3.05, 3.63) is 29.8 Å². The molecule has 1 nitrogen and oxygen atoms in total. The molecular formula is C14H21KO. The van der Waals surface area contributed by atoms with Crippen LogP contribution in [-0.2, 0) is 5.41 Å². The van der Waals surface area contributed by atoms with E-state index in [-0.39, 0.29) is 62.5 Å². The first-order valence-electron chi connectivity index (χ1n) is 5.84. The van der Waals surface area contributed by atoms with Crippen molar-refractivity contribution in [3.8, 4) is 5.75 Å². The van der Waals surface area contributed by atoms with Crippen molar-refractivity contribution < 1.29 is 56.5 Å². The van der Waals surface area contributed by atoms with E-state index in [1.807, 2.05) is 18.2 Å². The maximum absolute atomic E-state index is 11.7. The number of benzene rings is 1. The van der Waals surface area contributed by atoms with E-state index in [1.54, 1.807) is 6.07 Å². The van der Waals surface area contributed by atoms with Gasteiger partial charge in [-0.2, -0.15) is 0 Å². The predicted molar refractivity (Wildman–Crippen MR) is 63.1 cm³/mol. The first-order chi connectivity index (χ1) is 7.08. The van der Waals surface area contributed by atoms with Crippen LogP contribution in [-0.4, -0.2) is 0 Å². The van der Waals surface area contributed by atoms with Crippen molar-refractivity contribution in [2.75, 3.05) is 0 Å². The van der Waals surface area contributed by atoms with E-state index < -0.39 is 0 Å². The molecule has 0 heterocycles. The van der Waals surface area contributed by atoms with Crippen LogP contribution in [0.1, 0.15) is 52.0 Å². The van der Waals surface area contributed by atoms with Gasteiger partial charge < -0.3 is 5.11 Å². The van der Waals surface area contributed by atoms with Gasteiger partial charge in [-0.05, 0) is 11.8 Å². The molecule has 1 rings (SSSR count). The first kappa shape index (κ1) is 16.7. The number of hydrogen-bond donors (Lipinski definition) is 0. The first-order valence-corrected chi connectivity index (χ1v) is 5.84. The van der Waals surface area contributed by atoms with Gasteiger partial charge in [0.05, 0.1) is 0 Å². The Balaban J connectivity index is 0.00000225. The summed E-state index contributed by atoms with van der Waals surface area (Å²) >= 11 is 0. The summed E-state index contributed by atoms with van der Waals surface area (Å²) < 4.78 is 0. The molecule has 84 valence electrons. The maximum Gasteiger partial charge on any atom is 1.00 e. The fourth-order valence-corrected chi connectivity index (χ4v) is 1.98. The Hall–Kier alpha value is 0.656. The number of hydrogen-bond acceptors (Lipinski definition) is 1. The third kappa shape index (κ3) is 4.88. The summed E-state index contributed by atoms with van der Waals surface area (Å²) in [5.41, 5.74) is 0.981. The minimum atomic E-state index is 0. The average molecular weight is 244 g/mol. The summed E-state index contributed by atoms with van der Waals surface area (Å²) in [5, 5.41) is 11.7. The molecule has 0 aliphatic carbocycles. The van der Waals surface area contributed by atoms with Crippen molar-refractivity contribution in [1.82, 2.24) is 0 Å². The molecule has 1 aromatic rings. The summed E-state index contributed by atoms with van der Waals surface area (Å²) in [6.45, 7) is 6.54. The molecule has 0 saturated carbocycles. The summed E-state index contributed by atoms with van der Waals surface area (Å²) in [4.78, 5) is 0. The van der Waals surface area contributed by atoms with Crippen molar-refractivity contribution in [2.24, 2.45) is 0 Å². The third-order valence-corrected chi connectivity index (χ3v) is 3.02. The summed E-state index contributed by atoms with van der Waals surface area (Å²) in [5.74, 6) is 0.180. The van der Waals surface area contributed by atoms with Gasteiger partial charge in [0.15, 0.2) is 0 Å². The predicted octanol–water partition coefficient (Wildman–Crippen LogP) is 0.622. The maximum atomic E-state index is 11.7. The van der Waals surface area contributed by atoms with Crippen molar-refractivity contribution in [3.63, 3.8) is 0 Å². The van der Waals surface area contributed by atoms with Crippen molar-refractivity contribution >= 4 is 0 Å². The van der Waals surface area contributed by atoms with Crippen LogP contribution in [0.25, 0.3) is 0 Å². The van der Waals surface area contributed by atoms with E-state index in [2.05, 4.69) is 20.8 Å². The molecule has 0 aliphatic rings. The van der Waals surface area contributed by atoms with Gasteiger partial charge in [-0.25, -0.2) is 0 Å². The van der Waals surface area contributed by atoms with Crippen LogP contribution >= 0.6 is 0 Å². The zero-order chi connectivity index (χ0) is 11.3. The van der Waals surface area contributed by atoms with Gasteiger partial charge in [0.2, 0.25) is 0 Å². The van der Waals surface area contributed by atoms with Crippen LogP contribution in [0, 0.1) is 0 Å². The van der Waals surface area contributed by atoms with Crippen LogP contribution in [0.15, 0.2) is 24.3 Å². The topological polar surface area (TPSA) is 23.1 Å². The van der Waals surface area contributed by atoms with E-state index in [9.17, 15) is 5.11 Å². The molecule has 0 N–H and O–H groups in total. The number of unbranched alkanes of at least 4 members (excludes halogenated alkanes) is 2. The van der Waals surface area contributed by atoms with Crippen LogP contribution in [0.5, 0.6) is 5.75 Å². The smallest absolute Gasteiger partial charge is 0.872 e. The number of rotatable bonds is 5. The fraction of sp³-hybridized carbons (Fsp3) is 0.571.